The molecule has 5 heteroatoms. The van der Waals surface area contributed by atoms with Crippen LogP contribution in [0.1, 0.15) is 26.7 Å². The van der Waals surface area contributed by atoms with Crippen molar-refractivity contribution >= 4 is 5.97 Å². The third-order valence-corrected chi connectivity index (χ3v) is 2.25. The molecule has 88 valence electrons. The average Bonchev–Trinajstić information content (AvgIpc) is 2.15. The monoisotopic (exact) mass is 218 g/mol. The maximum atomic E-state index is 11.1. The molecule has 1 rings (SSSR count). The number of carbonyl (C=O) groups excluding carboxylic acids is 1. The van der Waals surface area contributed by atoms with Crippen molar-refractivity contribution in [2.75, 3.05) is 13.7 Å². The van der Waals surface area contributed by atoms with E-state index in [1.54, 1.807) is 13.8 Å². The largest absolute Gasteiger partial charge is 0.469 e. The Morgan fingerprint density at radius 2 is 2.07 bits per heavy atom. The molecule has 0 aliphatic carbocycles. The molecule has 0 aromatic heterocycles. The van der Waals surface area contributed by atoms with Crippen molar-refractivity contribution in [3.05, 3.63) is 0 Å². The lowest BCUT2D eigenvalue weighted by Gasteiger charge is -2.39. The Morgan fingerprint density at radius 3 is 2.60 bits per heavy atom. The Hall–Kier alpha value is -0.650. The highest BCUT2D eigenvalue weighted by Gasteiger charge is 2.36. The van der Waals surface area contributed by atoms with E-state index in [2.05, 4.69) is 4.74 Å². The molecule has 1 aliphatic heterocycles. The second kappa shape index (κ2) is 4.92. The number of hydrogen-bond donors (Lipinski definition) is 1. The van der Waals surface area contributed by atoms with Gasteiger partial charge in [0, 0.05) is 6.42 Å². The van der Waals surface area contributed by atoms with E-state index < -0.39 is 5.79 Å². The highest BCUT2D eigenvalue weighted by Crippen LogP contribution is 2.28. The molecule has 0 unspecified atom stereocenters. The van der Waals surface area contributed by atoms with Gasteiger partial charge in [-0.2, -0.15) is 0 Å². The Kier molecular flexibility index (Phi) is 4.07. The fraction of sp³-hybridized carbons (Fsp3) is 0.900. The van der Waals surface area contributed by atoms with Crippen LogP contribution < -0.4 is 0 Å². The molecule has 0 aromatic carbocycles. The number of rotatable bonds is 3. The number of hydrogen-bond acceptors (Lipinski definition) is 5. The van der Waals surface area contributed by atoms with Crippen molar-refractivity contribution in [2.45, 2.75) is 44.7 Å². The van der Waals surface area contributed by atoms with E-state index >= 15 is 0 Å². The zero-order chi connectivity index (χ0) is 11.5. The van der Waals surface area contributed by atoms with Gasteiger partial charge in [-0.05, 0) is 13.8 Å². The Labute approximate surface area is 89.3 Å². The van der Waals surface area contributed by atoms with Crippen LogP contribution in [0.4, 0.5) is 0 Å². The van der Waals surface area contributed by atoms with Gasteiger partial charge in [0.1, 0.15) is 0 Å². The predicted molar refractivity (Wildman–Crippen MR) is 52.2 cm³/mol. The average molecular weight is 218 g/mol. The second-order valence-corrected chi connectivity index (χ2v) is 4.08. The maximum Gasteiger partial charge on any atom is 0.308 e. The van der Waals surface area contributed by atoms with Crippen molar-refractivity contribution in [1.29, 1.82) is 0 Å². The summed E-state index contributed by atoms with van der Waals surface area (Å²) in [6.45, 7) is 3.46. The van der Waals surface area contributed by atoms with Crippen molar-refractivity contribution in [1.82, 2.24) is 0 Å². The van der Waals surface area contributed by atoms with Crippen LogP contribution in [0.2, 0.25) is 0 Å². The molecule has 0 radical (unpaired) electrons. The van der Waals surface area contributed by atoms with Gasteiger partial charge in [-0.1, -0.05) is 0 Å². The number of carbonyl (C=O) groups is 1. The van der Waals surface area contributed by atoms with Gasteiger partial charge in [-0.25, -0.2) is 0 Å². The number of aliphatic hydroxyl groups excluding tert-OH is 1. The lowest BCUT2D eigenvalue weighted by molar-refractivity contribution is -0.303. The highest BCUT2D eigenvalue weighted by molar-refractivity contribution is 5.69. The van der Waals surface area contributed by atoms with E-state index in [9.17, 15) is 4.79 Å². The first-order valence-electron chi connectivity index (χ1n) is 5.00. The number of ether oxygens (including phenoxy) is 3. The lowest BCUT2D eigenvalue weighted by atomic mass is 10.1. The van der Waals surface area contributed by atoms with Crippen LogP contribution in [0.3, 0.4) is 0 Å². The summed E-state index contributed by atoms with van der Waals surface area (Å²) >= 11 is 0. The molecule has 1 heterocycles. The molecule has 2 atom stereocenters. The topological polar surface area (TPSA) is 65.0 Å². The minimum absolute atomic E-state index is 0.0650. The van der Waals surface area contributed by atoms with Gasteiger partial charge in [0.15, 0.2) is 5.79 Å². The minimum atomic E-state index is -0.760. The molecular weight excluding hydrogens is 200 g/mol. The van der Waals surface area contributed by atoms with E-state index in [0.29, 0.717) is 6.42 Å². The van der Waals surface area contributed by atoms with E-state index in [1.807, 2.05) is 0 Å². The Morgan fingerprint density at radius 1 is 1.47 bits per heavy atom. The van der Waals surface area contributed by atoms with E-state index in [0.717, 1.165) is 0 Å². The third kappa shape index (κ3) is 3.77. The first-order chi connectivity index (χ1) is 6.96. The van der Waals surface area contributed by atoms with Gasteiger partial charge < -0.3 is 19.3 Å². The van der Waals surface area contributed by atoms with Gasteiger partial charge >= 0.3 is 5.97 Å². The first-order valence-corrected chi connectivity index (χ1v) is 5.00. The van der Waals surface area contributed by atoms with Crippen LogP contribution >= 0.6 is 0 Å². The summed E-state index contributed by atoms with van der Waals surface area (Å²) in [4.78, 5) is 11.1. The van der Waals surface area contributed by atoms with Crippen molar-refractivity contribution in [2.24, 2.45) is 0 Å². The van der Waals surface area contributed by atoms with Crippen LogP contribution in [-0.2, 0) is 19.0 Å². The first kappa shape index (κ1) is 12.4. The van der Waals surface area contributed by atoms with Crippen molar-refractivity contribution in [3.8, 4) is 0 Å². The third-order valence-electron chi connectivity index (χ3n) is 2.25. The number of esters is 1. The van der Waals surface area contributed by atoms with E-state index in [4.69, 9.17) is 14.6 Å². The molecule has 0 bridgehead atoms. The molecule has 0 amide bonds. The fourth-order valence-electron chi connectivity index (χ4n) is 1.73. The van der Waals surface area contributed by atoms with Crippen LogP contribution in [0.15, 0.2) is 0 Å². The lowest BCUT2D eigenvalue weighted by Crippen LogP contribution is -2.46. The molecule has 1 saturated heterocycles. The summed E-state index contributed by atoms with van der Waals surface area (Å²) in [5.41, 5.74) is 0. The van der Waals surface area contributed by atoms with Gasteiger partial charge in [-0.15, -0.1) is 0 Å². The fourth-order valence-corrected chi connectivity index (χ4v) is 1.73. The van der Waals surface area contributed by atoms with Crippen molar-refractivity contribution in [3.63, 3.8) is 0 Å². The predicted octanol–water partition coefficient (Wildman–Crippen LogP) is 0.452. The molecule has 1 N–H and O–H groups in total. The Balaban J connectivity index is 2.54. The quantitative estimate of drug-likeness (QED) is 0.697. The summed E-state index contributed by atoms with van der Waals surface area (Å²) in [6, 6.07) is 0. The summed E-state index contributed by atoms with van der Waals surface area (Å²) in [7, 11) is 1.34. The Bertz CT molecular complexity index is 226. The smallest absolute Gasteiger partial charge is 0.308 e. The standard InChI is InChI=1S/C10H18O5/c1-10(2)14-7(5-9(12)13-3)4-8(6-11)15-10/h7-8,11H,4-6H2,1-3H3/t7-,8-/m0/s1. The summed E-state index contributed by atoms with van der Waals surface area (Å²) in [5, 5.41) is 9.04. The SMILES string of the molecule is COC(=O)C[C@@H]1C[C@@H](CO)OC(C)(C)O1. The maximum absolute atomic E-state index is 11.1. The number of aliphatic hydroxyl groups is 1. The second-order valence-electron chi connectivity index (χ2n) is 4.08. The van der Waals surface area contributed by atoms with E-state index in [1.165, 1.54) is 7.11 Å². The highest BCUT2D eigenvalue weighted by atomic mass is 16.7. The molecule has 1 aliphatic rings. The molecular formula is C10H18O5. The molecule has 1 fully saturated rings. The van der Waals surface area contributed by atoms with Crippen molar-refractivity contribution < 1.29 is 24.1 Å². The van der Waals surface area contributed by atoms with Crippen LogP contribution in [0, 0.1) is 0 Å². The molecule has 0 aromatic rings. The van der Waals surface area contributed by atoms with Crippen LogP contribution in [-0.4, -0.2) is 42.8 Å². The van der Waals surface area contributed by atoms with Gasteiger partial charge in [0.05, 0.1) is 32.3 Å². The van der Waals surface area contributed by atoms with Crippen LogP contribution in [0.25, 0.3) is 0 Å². The number of methoxy groups -OCH3 is 1. The molecule has 5 nitrogen and oxygen atoms in total. The summed E-state index contributed by atoms with van der Waals surface area (Å²) in [6.07, 6.45) is 0.177. The van der Waals surface area contributed by atoms with Gasteiger partial charge in [0.2, 0.25) is 0 Å². The summed E-state index contributed by atoms with van der Waals surface area (Å²) in [5.74, 6) is -1.07. The zero-order valence-electron chi connectivity index (χ0n) is 9.36. The minimum Gasteiger partial charge on any atom is -0.469 e. The summed E-state index contributed by atoms with van der Waals surface area (Å²) < 4.78 is 15.6. The van der Waals surface area contributed by atoms with Crippen LogP contribution in [0.5, 0.6) is 0 Å². The molecule has 15 heavy (non-hydrogen) atoms. The van der Waals surface area contributed by atoms with Gasteiger partial charge in [-0.3, -0.25) is 4.79 Å². The zero-order valence-corrected chi connectivity index (χ0v) is 9.36. The molecule has 0 saturated carbocycles. The van der Waals surface area contributed by atoms with Gasteiger partial charge in [0.25, 0.3) is 0 Å². The van der Waals surface area contributed by atoms with E-state index in [-0.39, 0.29) is 31.2 Å². The normalized spacial score (nSPS) is 29.9. The molecule has 0 spiro atoms.